The quantitative estimate of drug-likeness (QED) is 0.619. The predicted molar refractivity (Wildman–Crippen MR) is 112 cm³/mol. The average Bonchev–Trinajstić information content (AvgIpc) is 2.60. The Kier molecular flexibility index (Phi) is 7.04. The third-order valence-electron chi connectivity index (χ3n) is 3.60. The van der Waals surface area contributed by atoms with Crippen LogP contribution in [0.4, 0.5) is 11.4 Å². The monoisotopic (exact) mass is 452 g/mol. The molecule has 0 spiro atoms. The minimum absolute atomic E-state index is 0.336. The van der Waals surface area contributed by atoms with Crippen LogP contribution >= 0.6 is 15.9 Å². The van der Waals surface area contributed by atoms with Gasteiger partial charge in [-0.1, -0.05) is 34.7 Å². The zero-order valence-electron chi connectivity index (χ0n) is 15.1. The van der Waals surface area contributed by atoms with Crippen LogP contribution in [0, 0.1) is 6.92 Å². The zero-order chi connectivity index (χ0) is 20.0. The van der Waals surface area contributed by atoms with E-state index in [1.807, 2.05) is 6.92 Å². The van der Waals surface area contributed by atoms with E-state index in [4.69, 9.17) is 4.74 Å². The van der Waals surface area contributed by atoms with Crippen LogP contribution in [0.2, 0.25) is 0 Å². The van der Waals surface area contributed by atoms with Crippen LogP contribution in [0.15, 0.2) is 59.6 Å². The molecule has 0 saturated carbocycles. The van der Waals surface area contributed by atoms with Crippen molar-refractivity contribution in [1.82, 2.24) is 0 Å². The molecule has 0 saturated heterocycles. The lowest BCUT2D eigenvalue weighted by Gasteiger charge is -2.22. The van der Waals surface area contributed by atoms with Gasteiger partial charge in [-0.3, -0.25) is 9.10 Å². The molecule has 0 aliphatic carbocycles. The Balaban J connectivity index is 2.17. The SMILES string of the molecule is C=CCOc1cccc(NC(=O)CN(c2ccc(Br)c(C)c2)S(C)(=O)=O)c1. The Morgan fingerprint density at radius 1 is 1.30 bits per heavy atom. The fourth-order valence-corrected chi connectivity index (χ4v) is 3.43. The molecule has 27 heavy (non-hydrogen) atoms. The second-order valence-corrected chi connectivity index (χ2v) is 8.64. The number of ether oxygens (including phenoxy) is 1. The van der Waals surface area contributed by atoms with Crippen LogP contribution in [-0.4, -0.2) is 33.7 Å². The van der Waals surface area contributed by atoms with Gasteiger partial charge in [-0.15, -0.1) is 0 Å². The summed E-state index contributed by atoms with van der Waals surface area (Å²) in [6.07, 6.45) is 2.69. The lowest BCUT2D eigenvalue weighted by atomic mass is 10.2. The average molecular weight is 453 g/mol. The highest BCUT2D eigenvalue weighted by atomic mass is 79.9. The lowest BCUT2D eigenvalue weighted by molar-refractivity contribution is -0.114. The first kappa shape index (κ1) is 21.0. The molecule has 6 nitrogen and oxygen atoms in total. The van der Waals surface area contributed by atoms with Crippen molar-refractivity contribution in [3.8, 4) is 5.75 Å². The summed E-state index contributed by atoms with van der Waals surface area (Å²) in [5, 5.41) is 2.70. The minimum atomic E-state index is -3.63. The Labute approximate surface area is 168 Å². The first-order valence-corrected chi connectivity index (χ1v) is 10.7. The topological polar surface area (TPSA) is 75.7 Å². The van der Waals surface area contributed by atoms with E-state index in [2.05, 4.69) is 27.8 Å². The summed E-state index contributed by atoms with van der Waals surface area (Å²) >= 11 is 3.38. The molecule has 0 aromatic heterocycles. The van der Waals surface area contributed by atoms with Crippen molar-refractivity contribution < 1.29 is 17.9 Å². The van der Waals surface area contributed by atoms with Gasteiger partial charge in [-0.05, 0) is 42.8 Å². The van der Waals surface area contributed by atoms with Crippen LogP contribution in [0.5, 0.6) is 5.75 Å². The van der Waals surface area contributed by atoms with Gasteiger partial charge >= 0.3 is 0 Å². The van der Waals surface area contributed by atoms with Gasteiger partial charge in [0.25, 0.3) is 0 Å². The van der Waals surface area contributed by atoms with Crippen molar-refractivity contribution in [2.45, 2.75) is 6.92 Å². The van der Waals surface area contributed by atoms with Crippen molar-refractivity contribution >= 4 is 43.2 Å². The number of hydrogen-bond donors (Lipinski definition) is 1. The second-order valence-electron chi connectivity index (χ2n) is 5.88. The van der Waals surface area contributed by atoms with Gasteiger partial charge in [-0.2, -0.15) is 0 Å². The summed E-state index contributed by atoms with van der Waals surface area (Å²) in [7, 11) is -3.63. The maximum atomic E-state index is 12.4. The number of amides is 1. The maximum Gasteiger partial charge on any atom is 0.245 e. The van der Waals surface area contributed by atoms with E-state index in [-0.39, 0.29) is 6.54 Å². The van der Waals surface area contributed by atoms with Crippen molar-refractivity contribution in [1.29, 1.82) is 0 Å². The van der Waals surface area contributed by atoms with Gasteiger partial charge in [0.1, 0.15) is 18.9 Å². The van der Waals surface area contributed by atoms with Gasteiger partial charge in [0, 0.05) is 16.2 Å². The van der Waals surface area contributed by atoms with Gasteiger partial charge in [0.15, 0.2) is 0 Å². The van der Waals surface area contributed by atoms with E-state index in [1.54, 1.807) is 48.5 Å². The summed E-state index contributed by atoms with van der Waals surface area (Å²) in [5.74, 6) is 0.123. The number of carbonyl (C=O) groups is 1. The highest BCUT2D eigenvalue weighted by molar-refractivity contribution is 9.10. The molecule has 1 N–H and O–H groups in total. The van der Waals surface area contributed by atoms with Crippen molar-refractivity contribution in [3.63, 3.8) is 0 Å². The molecule has 144 valence electrons. The number of nitrogens with zero attached hydrogens (tertiary/aromatic N) is 1. The molecule has 0 radical (unpaired) electrons. The van der Waals surface area contributed by atoms with Gasteiger partial charge in [0.2, 0.25) is 15.9 Å². The van der Waals surface area contributed by atoms with Crippen LogP contribution in [-0.2, 0) is 14.8 Å². The van der Waals surface area contributed by atoms with Crippen molar-refractivity contribution in [3.05, 3.63) is 65.2 Å². The number of carbonyl (C=O) groups excluding carboxylic acids is 1. The Bertz CT molecular complexity index is 944. The molecule has 0 fully saturated rings. The number of aryl methyl sites for hydroxylation is 1. The third kappa shape index (κ3) is 6.11. The van der Waals surface area contributed by atoms with Crippen LogP contribution in [0.25, 0.3) is 0 Å². The number of benzene rings is 2. The van der Waals surface area contributed by atoms with Crippen LogP contribution in [0.1, 0.15) is 5.56 Å². The normalized spacial score (nSPS) is 10.9. The fraction of sp³-hybridized carbons (Fsp3) is 0.211. The predicted octanol–water partition coefficient (Wildman–Crippen LogP) is 3.73. The van der Waals surface area contributed by atoms with E-state index in [0.717, 1.165) is 20.6 Å². The number of halogens is 1. The zero-order valence-corrected chi connectivity index (χ0v) is 17.5. The largest absolute Gasteiger partial charge is 0.489 e. The van der Waals surface area contributed by atoms with E-state index < -0.39 is 15.9 Å². The molecule has 0 aliphatic rings. The Morgan fingerprint density at radius 2 is 2.04 bits per heavy atom. The Morgan fingerprint density at radius 3 is 2.67 bits per heavy atom. The molecule has 0 unspecified atom stereocenters. The molecule has 0 bridgehead atoms. The summed E-state index contributed by atoms with van der Waals surface area (Å²) in [6, 6.07) is 12.0. The summed E-state index contributed by atoms with van der Waals surface area (Å²) in [5.41, 5.74) is 1.81. The summed E-state index contributed by atoms with van der Waals surface area (Å²) < 4.78 is 31.7. The molecular formula is C19H21BrN2O4S. The smallest absolute Gasteiger partial charge is 0.245 e. The van der Waals surface area contributed by atoms with Gasteiger partial charge in [-0.25, -0.2) is 8.42 Å². The van der Waals surface area contributed by atoms with Crippen molar-refractivity contribution in [2.24, 2.45) is 0 Å². The van der Waals surface area contributed by atoms with E-state index in [1.165, 1.54) is 0 Å². The first-order chi connectivity index (χ1) is 12.7. The molecular weight excluding hydrogens is 432 g/mol. The van der Waals surface area contributed by atoms with E-state index in [0.29, 0.717) is 23.7 Å². The number of rotatable bonds is 8. The fourth-order valence-electron chi connectivity index (χ4n) is 2.33. The number of sulfonamides is 1. The van der Waals surface area contributed by atoms with Crippen molar-refractivity contribution in [2.75, 3.05) is 29.0 Å². The van der Waals surface area contributed by atoms with Gasteiger partial charge < -0.3 is 10.1 Å². The molecule has 0 aliphatic heterocycles. The molecule has 0 heterocycles. The standard InChI is InChI=1S/C19H21BrN2O4S/c1-4-10-26-17-7-5-6-15(12-17)21-19(23)13-22(27(3,24)25)16-8-9-18(20)14(2)11-16/h4-9,11-12H,1,10,13H2,2-3H3,(H,21,23). The number of anilines is 2. The van der Waals surface area contributed by atoms with Crippen LogP contribution in [0.3, 0.4) is 0 Å². The minimum Gasteiger partial charge on any atom is -0.489 e. The van der Waals surface area contributed by atoms with Gasteiger partial charge in [0.05, 0.1) is 11.9 Å². The lowest BCUT2D eigenvalue weighted by Crippen LogP contribution is -2.37. The third-order valence-corrected chi connectivity index (χ3v) is 5.63. The first-order valence-electron chi connectivity index (χ1n) is 8.08. The summed E-state index contributed by atoms with van der Waals surface area (Å²) in [6.45, 7) is 5.45. The highest BCUT2D eigenvalue weighted by Crippen LogP contribution is 2.25. The molecule has 2 rings (SSSR count). The molecule has 1 amide bonds. The Hall–Kier alpha value is -2.32. The molecule has 2 aromatic carbocycles. The van der Waals surface area contributed by atoms with E-state index >= 15 is 0 Å². The maximum absolute atomic E-state index is 12.4. The number of hydrogen-bond acceptors (Lipinski definition) is 4. The summed E-state index contributed by atoms with van der Waals surface area (Å²) in [4.78, 5) is 12.4. The van der Waals surface area contributed by atoms with E-state index in [9.17, 15) is 13.2 Å². The highest BCUT2D eigenvalue weighted by Gasteiger charge is 2.21. The van der Waals surface area contributed by atoms with Crippen LogP contribution < -0.4 is 14.4 Å². The molecule has 2 aromatic rings. The second kappa shape index (κ2) is 9.05. The molecule has 8 heteroatoms. The number of nitrogens with one attached hydrogen (secondary N) is 1. The molecule has 0 atom stereocenters.